The van der Waals surface area contributed by atoms with Gasteiger partial charge in [-0.1, -0.05) is 12.1 Å². The molecule has 1 saturated heterocycles. The van der Waals surface area contributed by atoms with E-state index in [0.29, 0.717) is 18.1 Å². The van der Waals surface area contributed by atoms with Gasteiger partial charge < -0.3 is 14.8 Å². The second kappa shape index (κ2) is 5.51. The van der Waals surface area contributed by atoms with Crippen LogP contribution in [0.2, 0.25) is 0 Å². The van der Waals surface area contributed by atoms with Crippen molar-refractivity contribution >= 4 is 0 Å². The Balaban J connectivity index is 1.83. The van der Waals surface area contributed by atoms with E-state index in [1.807, 2.05) is 7.05 Å². The van der Waals surface area contributed by atoms with Gasteiger partial charge in [-0.25, -0.2) is 0 Å². The quantitative estimate of drug-likeness (QED) is 0.907. The Hall–Kier alpha value is -1.06. The molecule has 0 aliphatic carbocycles. The van der Waals surface area contributed by atoms with Crippen molar-refractivity contribution < 1.29 is 9.47 Å². The van der Waals surface area contributed by atoms with E-state index >= 15 is 0 Å². The second-order valence-electron chi connectivity index (χ2n) is 5.73. The highest BCUT2D eigenvalue weighted by Crippen LogP contribution is 2.34. The Morgan fingerprint density at radius 2 is 2.26 bits per heavy atom. The number of aryl methyl sites for hydroxylation is 1. The normalized spacial score (nSPS) is 27.7. The maximum atomic E-state index is 5.72. The van der Waals surface area contributed by atoms with Crippen molar-refractivity contribution in [1.82, 2.24) is 5.32 Å². The maximum absolute atomic E-state index is 5.72. The van der Waals surface area contributed by atoms with E-state index < -0.39 is 0 Å². The second-order valence-corrected chi connectivity index (χ2v) is 5.73. The molecule has 3 heteroatoms. The van der Waals surface area contributed by atoms with Crippen LogP contribution in [-0.2, 0) is 11.2 Å². The Morgan fingerprint density at radius 3 is 3.00 bits per heavy atom. The summed E-state index contributed by atoms with van der Waals surface area (Å²) in [6.07, 6.45) is 3.79. The van der Waals surface area contributed by atoms with Gasteiger partial charge in [0.2, 0.25) is 0 Å². The molecule has 2 aliphatic heterocycles. The Bertz CT molecular complexity index is 446. The fourth-order valence-electron chi connectivity index (χ4n) is 3.33. The van der Waals surface area contributed by atoms with Crippen LogP contribution in [0, 0.1) is 5.92 Å². The van der Waals surface area contributed by atoms with E-state index in [9.17, 15) is 0 Å². The van der Waals surface area contributed by atoms with Crippen molar-refractivity contribution in [3.63, 3.8) is 0 Å². The Labute approximate surface area is 115 Å². The van der Waals surface area contributed by atoms with E-state index in [2.05, 4.69) is 30.4 Å². The molecule has 0 saturated carbocycles. The van der Waals surface area contributed by atoms with E-state index in [-0.39, 0.29) is 0 Å². The molecule has 3 unspecified atom stereocenters. The van der Waals surface area contributed by atoms with Crippen molar-refractivity contribution in [2.24, 2.45) is 5.92 Å². The third kappa shape index (κ3) is 2.63. The molecule has 1 fully saturated rings. The fourth-order valence-corrected chi connectivity index (χ4v) is 3.33. The third-order valence-corrected chi connectivity index (χ3v) is 4.30. The highest BCUT2D eigenvalue weighted by atomic mass is 16.5. The summed E-state index contributed by atoms with van der Waals surface area (Å²) < 4.78 is 11.4. The molecule has 3 nitrogen and oxygen atoms in total. The summed E-state index contributed by atoms with van der Waals surface area (Å²) in [7, 11) is 2.05. The van der Waals surface area contributed by atoms with E-state index in [0.717, 1.165) is 38.2 Å². The predicted octanol–water partition coefficient (Wildman–Crippen LogP) is 2.70. The minimum Gasteiger partial charge on any atom is -0.493 e. The molecular formula is C16H23NO2. The fraction of sp³-hybridized carbons (Fsp3) is 0.625. The minimum atomic E-state index is 0.386. The van der Waals surface area contributed by atoms with Crippen molar-refractivity contribution in [2.75, 3.05) is 20.3 Å². The number of fused-ring (bicyclic) bond motifs is 1. The zero-order chi connectivity index (χ0) is 13.2. The molecule has 0 bridgehead atoms. The molecule has 1 aromatic carbocycles. The van der Waals surface area contributed by atoms with Gasteiger partial charge in [0.05, 0.1) is 19.3 Å². The molecule has 0 amide bonds. The van der Waals surface area contributed by atoms with Gasteiger partial charge in [0, 0.05) is 12.0 Å². The molecule has 3 rings (SSSR count). The van der Waals surface area contributed by atoms with Gasteiger partial charge in [0.15, 0.2) is 0 Å². The SMILES string of the molecule is CNC(c1ccc2c(c1)CCCO2)C1COC(C)C1. The highest BCUT2D eigenvalue weighted by molar-refractivity contribution is 5.39. The highest BCUT2D eigenvalue weighted by Gasteiger charge is 2.30. The van der Waals surface area contributed by atoms with Crippen LogP contribution in [0.1, 0.15) is 36.9 Å². The standard InChI is InChI=1S/C16H23NO2/c1-11-8-14(10-19-11)16(17-2)13-5-6-15-12(9-13)4-3-7-18-15/h5-6,9,11,14,16-17H,3-4,7-8,10H2,1-2H3. The van der Waals surface area contributed by atoms with Crippen LogP contribution in [0.4, 0.5) is 0 Å². The van der Waals surface area contributed by atoms with Crippen LogP contribution < -0.4 is 10.1 Å². The van der Waals surface area contributed by atoms with Gasteiger partial charge in [0.25, 0.3) is 0 Å². The molecule has 0 spiro atoms. The summed E-state index contributed by atoms with van der Waals surface area (Å²) >= 11 is 0. The first-order chi connectivity index (χ1) is 9.28. The van der Waals surface area contributed by atoms with Crippen LogP contribution in [0.3, 0.4) is 0 Å². The smallest absolute Gasteiger partial charge is 0.122 e. The summed E-state index contributed by atoms with van der Waals surface area (Å²) in [5.74, 6) is 1.64. The lowest BCUT2D eigenvalue weighted by Crippen LogP contribution is -2.26. The minimum absolute atomic E-state index is 0.386. The van der Waals surface area contributed by atoms with Gasteiger partial charge in [-0.15, -0.1) is 0 Å². The summed E-state index contributed by atoms with van der Waals surface area (Å²) in [6.45, 7) is 3.88. The third-order valence-electron chi connectivity index (χ3n) is 4.30. The largest absolute Gasteiger partial charge is 0.493 e. The van der Waals surface area contributed by atoms with Crippen molar-refractivity contribution in [3.8, 4) is 5.75 Å². The lowest BCUT2D eigenvalue weighted by atomic mass is 9.89. The van der Waals surface area contributed by atoms with E-state index in [4.69, 9.17) is 9.47 Å². The van der Waals surface area contributed by atoms with Gasteiger partial charge in [0.1, 0.15) is 5.75 Å². The summed E-state index contributed by atoms with van der Waals surface area (Å²) in [6, 6.07) is 7.04. The molecule has 104 valence electrons. The summed E-state index contributed by atoms with van der Waals surface area (Å²) in [5.41, 5.74) is 2.73. The van der Waals surface area contributed by atoms with Gasteiger partial charge in [-0.05, 0) is 50.4 Å². The van der Waals surface area contributed by atoms with Gasteiger partial charge in [-0.3, -0.25) is 0 Å². The summed E-state index contributed by atoms with van der Waals surface area (Å²) in [5, 5.41) is 3.47. The molecule has 1 aromatic rings. The van der Waals surface area contributed by atoms with Crippen molar-refractivity contribution in [3.05, 3.63) is 29.3 Å². The molecule has 0 aromatic heterocycles. The monoisotopic (exact) mass is 261 g/mol. The first-order valence-corrected chi connectivity index (χ1v) is 7.32. The predicted molar refractivity (Wildman–Crippen MR) is 75.6 cm³/mol. The Kier molecular flexibility index (Phi) is 3.76. The molecule has 2 aliphatic rings. The number of nitrogens with one attached hydrogen (secondary N) is 1. The van der Waals surface area contributed by atoms with E-state index in [1.165, 1.54) is 11.1 Å². The average molecular weight is 261 g/mol. The van der Waals surface area contributed by atoms with Crippen molar-refractivity contribution in [2.45, 2.75) is 38.3 Å². The number of ether oxygens (including phenoxy) is 2. The topological polar surface area (TPSA) is 30.5 Å². The number of hydrogen-bond donors (Lipinski definition) is 1. The number of benzene rings is 1. The first kappa shape index (κ1) is 12.9. The van der Waals surface area contributed by atoms with Crippen molar-refractivity contribution in [1.29, 1.82) is 0 Å². The number of hydrogen-bond acceptors (Lipinski definition) is 3. The molecule has 3 atom stereocenters. The lowest BCUT2D eigenvalue weighted by Gasteiger charge is -2.25. The first-order valence-electron chi connectivity index (χ1n) is 7.32. The zero-order valence-corrected chi connectivity index (χ0v) is 11.8. The van der Waals surface area contributed by atoms with Crippen LogP contribution in [0.5, 0.6) is 5.75 Å². The van der Waals surface area contributed by atoms with Crippen LogP contribution in [0.25, 0.3) is 0 Å². The molecule has 19 heavy (non-hydrogen) atoms. The maximum Gasteiger partial charge on any atom is 0.122 e. The van der Waals surface area contributed by atoms with E-state index in [1.54, 1.807) is 0 Å². The van der Waals surface area contributed by atoms with Crippen LogP contribution in [0.15, 0.2) is 18.2 Å². The average Bonchev–Trinajstić information content (AvgIpc) is 2.86. The molecule has 0 radical (unpaired) electrons. The number of rotatable bonds is 3. The van der Waals surface area contributed by atoms with Crippen LogP contribution >= 0.6 is 0 Å². The molecular weight excluding hydrogens is 238 g/mol. The summed E-state index contributed by atoms with van der Waals surface area (Å²) in [4.78, 5) is 0. The van der Waals surface area contributed by atoms with Crippen LogP contribution in [-0.4, -0.2) is 26.4 Å². The zero-order valence-electron chi connectivity index (χ0n) is 11.8. The Morgan fingerprint density at radius 1 is 1.37 bits per heavy atom. The lowest BCUT2D eigenvalue weighted by molar-refractivity contribution is 0.117. The van der Waals surface area contributed by atoms with Gasteiger partial charge >= 0.3 is 0 Å². The molecule has 2 heterocycles. The van der Waals surface area contributed by atoms with Gasteiger partial charge in [-0.2, -0.15) is 0 Å². The molecule has 1 N–H and O–H groups in total.